The van der Waals surface area contributed by atoms with E-state index in [1.807, 2.05) is 18.2 Å². The number of nitrogens with zero attached hydrogens (tertiary/aromatic N) is 2. The molecule has 4 nitrogen and oxygen atoms in total. The van der Waals surface area contributed by atoms with Crippen molar-refractivity contribution in [1.82, 2.24) is 14.9 Å². The normalized spacial score (nSPS) is 14.1. The number of hydrogen-bond donors (Lipinski definition) is 1. The number of imidazole rings is 1. The molecule has 1 aromatic carbocycles. The summed E-state index contributed by atoms with van der Waals surface area (Å²) in [5.41, 5.74) is 2.83. The van der Waals surface area contributed by atoms with Crippen LogP contribution in [-0.2, 0) is 30.9 Å². The maximum absolute atomic E-state index is 13.8. The van der Waals surface area contributed by atoms with Crippen molar-refractivity contribution >= 4 is 0 Å². The highest BCUT2D eigenvalue weighted by atomic mass is 19.1. The first kappa shape index (κ1) is 14.9. The lowest BCUT2D eigenvalue weighted by Gasteiger charge is -2.19. The molecular weight excluding hydrogens is 281 g/mol. The molecule has 5 heteroatoms. The first-order valence-electron chi connectivity index (χ1n) is 7.47. The zero-order valence-electron chi connectivity index (χ0n) is 12.5. The highest BCUT2D eigenvalue weighted by Crippen LogP contribution is 2.16. The van der Waals surface area contributed by atoms with Crippen molar-refractivity contribution < 1.29 is 9.13 Å². The molecule has 0 atom stereocenters. The van der Waals surface area contributed by atoms with Gasteiger partial charge in [0, 0.05) is 25.1 Å². The predicted molar refractivity (Wildman–Crippen MR) is 82.7 cm³/mol. The molecule has 0 amide bonds. The van der Waals surface area contributed by atoms with Crippen LogP contribution in [-0.4, -0.2) is 28.0 Å². The van der Waals surface area contributed by atoms with Gasteiger partial charge in [0.15, 0.2) is 0 Å². The molecule has 3 rings (SSSR count). The monoisotopic (exact) mass is 301 g/mol. The quantitative estimate of drug-likeness (QED) is 0.834. The Kier molecular flexibility index (Phi) is 4.65. The average molecular weight is 301 g/mol. The van der Waals surface area contributed by atoms with Crippen molar-refractivity contribution in [2.45, 2.75) is 26.1 Å². The summed E-state index contributed by atoms with van der Waals surface area (Å²) < 4.78 is 19.2. The van der Waals surface area contributed by atoms with Crippen LogP contribution in [0, 0.1) is 5.82 Å². The van der Waals surface area contributed by atoms with Crippen LogP contribution in [0.5, 0.6) is 0 Å². The van der Waals surface area contributed by atoms with Crippen molar-refractivity contribution in [2.75, 3.05) is 13.2 Å². The van der Waals surface area contributed by atoms with Gasteiger partial charge in [-0.3, -0.25) is 4.90 Å². The Morgan fingerprint density at radius 1 is 1.36 bits per heavy atom. The number of aromatic amines is 1. The Morgan fingerprint density at radius 2 is 2.23 bits per heavy atom. The third-order valence-electron chi connectivity index (χ3n) is 3.76. The molecule has 0 spiro atoms. The van der Waals surface area contributed by atoms with Crippen LogP contribution >= 0.6 is 0 Å². The third-order valence-corrected chi connectivity index (χ3v) is 3.76. The fourth-order valence-corrected chi connectivity index (χ4v) is 2.70. The number of benzene rings is 1. The lowest BCUT2D eigenvalue weighted by Crippen LogP contribution is -2.24. The minimum atomic E-state index is -0.177. The summed E-state index contributed by atoms with van der Waals surface area (Å²) in [6.07, 6.45) is 2.67. The van der Waals surface area contributed by atoms with E-state index in [0.717, 1.165) is 30.2 Å². The standard InChI is InChI=1S/C17H20FN3O/c1-2-8-21(10-13-5-3-4-6-14(13)18)11-17-19-15-7-9-22-12-16(15)20-17/h2-6H,1,7-12H2,(H,19,20). The number of halogens is 1. The van der Waals surface area contributed by atoms with Gasteiger partial charge in [0.1, 0.15) is 11.6 Å². The van der Waals surface area contributed by atoms with Gasteiger partial charge in [-0.2, -0.15) is 0 Å². The van der Waals surface area contributed by atoms with Crippen molar-refractivity contribution in [1.29, 1.82) is 0 Å². The molecule has 1 N–H and O–H groups in total. The molecule has 22 heavy (non-hydrogen) atoms. The lowest BCUT2D eigenvalue weighted by atomic mass is 10.2. The Bertz CT molecular complexity index is 630. The minimum Gasteiger partial charge on any atom is -0.375 e. The van der Waals surface area contributed by atoms with Crippen molar-refractivity contribution in [3.05, 3.63) is 65.5 Å². The van der Waals surface area contributed by atoms with Crippen molar-refractivity contribution in [3.8, 4) is 0 Å². The van der Waals surface area contributed by atoms with Gasteiger partial charge in [0.2, 0.25) is 0 Å². The van der Waals surface area contributed by atoms with Crippen LogP contribution in [0.15, 0.2) is 36.9 Å². The maximum atomic E-state index is 13.8. The number of H-pyrrole nitrogens is 1. The van der Waals surface area contributed by atoms with Crippen LogP contribution in [0.4, 0.5) is 4.39 Å². The van der Waals surface area contributed by atoms with E-state index < -0.39 is 0 Å². The van der Waals surface area contributed by atoms with E-state index in [1.165, 1.54) is 6.07 Å². The van der Waals surface area contributed by atoms with Gasteiger partial charge < -0.3 is 9.72 Å². The molecule has 0 bridgehead atoms. The van der Waals surface area contributed by atoms with Crippen LogP contribution in [0.25, 0.3) is 0 Å². The van der Waals surface area contributed by atoms with E-state index >= 15 is 0 Å². The molecular formula is C17H20FN3O. The van der Waals surface area contributed by atoms with Gasteiger partial charge in [-0.05, 0) is 6.07 Å². The molecule has 116 valence electrons. The summed E-state index contributed by atoms with van der Waals surface area (Å²) in [6.45, 7) is 6.94. The molecule has 1 aliphatic rings. The molecule has 2 aromatic rings. The van der Waals surface area contributed by atoms with Crippen LogP contribution in [0.3, 0.4) is 0 Å². The van der Waals surface area contributed by atoms with Gasteiger partial charge in [-0.15, -0.1) is 6.58 Å². The molecule has 0 aliphatic carbocycles. The number of nitrogens with one attached hydrogen (secondary N) is 1. The second-order valence-electron chi connectivity index (χ2n) is 5.46. The fourth-order valence-electron chi connectivity index (χ4n) is 2.70. The number of fused-ring (bicyclic) bond motifs is 1. The largest absolute Gasteiger partial charge is 0.375 e. The molecule has 0 saturated heterocycles. The van der Waals surface area contributed by atoms with E-state index in [1.54, 1.807) is 6.07 Å². The Hall–Kier alpha value is -1.98. The molecule has 0 radical (unpaired) electrons. The van der Waals surface area contributed by atoms with Gasteiger partial charge in [0.05, 0.1) is 31.1 Å². The summed E-state index contributed by atoms with van der Waals surface area (Å²) in [5, 5.41) is 0. The highest BCUT2D eigenvalue weighted by Gasteiger charge is 2.16. The van der Waals surface area contributed by atoms with Crippen LogP contribution < -0.4 is 0 Å². The van der Waals surface area contributed by atoms with Crippen molar-refractivity contribution in [3.63, 3.8) is 0 Å². The van der Waals surface area contributed by atoms with E-state index in [4.69, 9.17) is 4.74 Å². The second kappa shape index (κ2) is 6.85. The summed E-state index contributed by atoms with van der Waals surface area (Å²) in [4.78, 5) is 10.1. The minimum absolute atomic E-state index is 0.177. The fraction of sp³-hybridized carbons (Fsp3) is 0.353. The molecule has 1 aromatic heterocycles. The topological polar surface area (TPSA) is 41.2 Å². The van der Waals surface area contributed by atoms with E-state index in [9.17, 15) is 4.39 Å². The zero-order valence-corrected chi connectivity index (χ0v) is 12.5. The molecule has 0 saturated carbocycles. The second-order valence-corrected chi connectivity index (χ2v) is 5.46. The van der Waals surface area contributed by atoms with Gasteiger partial charge in [-0.25, -0.2) is 9.37 Å². The SMILES string of the molecule is C=CCN(Cc1nc2c([nH]1)COCC2)Cc1ccccc1F. The number of ether oxygens (including phenoxy) is 1. The van der Waals surface area contributed by atoms with E-state index in [-0.39, 0.29) is 5.82 Å². The average Bonchev–Trinajstić information content (AvgIpc) is 2.92. The van der Waals surface area contributed by atoms with Gasteiger partial charge in [-0.1, -0.05) is 24.3 Å². The number of rotatable bonds is 6. The van der Waals surface area contributed by atoms with Gasteiger partial charge >= 0.3 is 0 Å². The van der Waals surface area contributed by atoms with E-state index in [0.29, 0.717) is 31.8 Å². The summed E-state index contributed by atoms with van der Waals surface area (Å²) in [5.74, 6) is 0.720. The van der Waals surface area contributed by atoms with Crippen LogP contribution in [0.2, 0.25) is 0 Å². The Morgan fingerprint density at radius 3 is 3.00 bits per heavy atom. The first-order valence-corrected chi connectivity index (χ1v) is 7.47. The van der Waals surface area contributed by atoms with Crippen molar-refractivity contribution in [2.24, 2.45) is 0 Å². The maximum Gasteiger partial charge on any atom is 0.127 e. The summed E-state index contributed by atoms with van der Waals surface area (Å²) in [7, 11) is 0. The smallest absolute Gasteiger partial charge is 0.127 e. The number of aromatic nitrogens is 2. The van der Waals surface area contributed by atoms with Gasteiger partial charge in [0.25, 0.3) is 0 Å². The third kappa shape index (κ3) is 3.43. The molecule has 2 heterocycles. The molecule has 1 aliphatic heterocycles. The molecule has 0 fully saturated rings. The van der Waals surface area contributed by atoms with Crippen LogP contribution in [0.1, 0.15) is 22.8 Å². The Labute approximate surface area is 129 Å². The highest BCUT2D eigenvalue weighted by molar-refractivity contribution is 5.18. The summed E-state index contributed by atoms with van der Waals surface area (Å²) >= 11 is 0. The summed E-state index contributed by atoms with van der Waals surface area (Å²) in [6, 6.07) is 6.86. The lowest BCUT2D eigenvalue weighted by molar-refractivity contribution is 0.107. The Balaban J connectivity index is 1.72. The molecule has 0 unspecified atom stereocenters. The number of hydrogen-bond acceptors (Lipinski definition) is 3. The predicted octanol–water partition coefficient (Wildman–Crippen LogP) is 2.81. The zero-order chi connectivity index (χ0) is 15.4. The van der Waals surface area contributed by atoms with E-state index in [2.05, 4.69) is 21.4 Å². The first-order chi connectivity index (χ1) is 10.8.